The van der Waals surface area contributed by atoms with Crippen molar-refractivity contribution in [2.75, 3.05) is 27.2 Å². The van der Waals surface area contributed by atoms with Crippen LogP contribution < -0.4 is 4.70 Å². The van der Waals surface area contributed by atoms with Gasteiger partial charge in [-0.3, -0.25) is 0 Å². The van der Waals surface area contributed by atoms with Crippen LogP contribution >= 0.6 is 0 Å². The van der Waals surface area contributed by atoms with Gasteiger partial charge in [0.15, 0.2) is 0 Å². The third-order valence-electron chi connectivity index (χ3n) is 2.45. The van der Waals surface area contributed by atoms with E-state index in [4.69, 9.17) is 0 Å². The molecule has 0 unspecified atom stereocenters. The highest BCUT2D eigenvalue weighted by molar-refractivity contribution is 4.57. The number of hydrogen-bond donors (Lipinski definition) is 0. The molecule has 1 fully saturated rings. The molecule has 0 amide bonds. The third-order valence-corrected chi connectivity index (χ3v) is 2.45. The third kappa shape index (κ3) is 2.65. The Kier molecular flexibility index (Phi) is 3.29. The quantitative estimate of drug-likeness (QED) is 0.366. The van der Waals surface area contributed by atoms with E-state index in [-0.39, 0.29) is 4.70 Å². The summed E-state index contributed by atoms with van der Waals surface area (Å²) in [5.41, 5.74) is 0. The van der Waals surface area contributed by atoms with Gasteiger partial charge in [-0.25, -0.2) is 0 Å². The maximum absolute atomic E-state index is 2.36. The van der Waals surface area contributed by atoms with Crippen molar-refractivity contribution in [3.05, 3.63) is 0 Å². The summed E-state index contributed by atoms with van der Waals surface area (Å²) >= 11 is 0. The molecule has 0 aliphatic carbocycles. The van der Waals surface area contributed by atoms with Gasteiger partial charge in [-0.2, -0.15) is 0 Å². The lowest BCUT2D eigenvalue weighted by atomic mass is 9.98. The SMILES string of the molecule is CC1CC[N+](C)(C)CC1.[F-]. The Bertz CT molecular complexity index is 91.4. The lowest BCUT2D eigenvalue weighted by Gasteiger charge is -2.35. The van der Waals surface area contributed by atoms with Gasteiger partial charge in [0.25, 0.3) is 0 Å². The molecule has 0 aromatic rings. The molecule has 62 valence electrons. The summed E-state index contributed by atoms with van der Waals surface area (Å²) in [6.07, 6.45) is 2.85. The van der Waals surface area contributed by atoms with Gasteiger partial charge >= 0.3 is 0 Å². The van der Waals surface area contributed by atoms with Gasteiger partial charge in [0.1, 0.15) is 0 Å². The molecule has 1 aliphatic rings. The van der Waals surface area contributed by atoms with Gasteiger partial charge in [-0.1, -0.05) is 6.92 Å². The van der Waals surface area contributed by atoms with Crippen molar-refractivity contribution in [1.82, 2.24) is 0 Å². The second kappa shape index (κ2) is 3.33. The zero-order valence-electron chi connectivity index (χ0n) is 7.23. The van der Waals surface area contributed by atoms with Gasteiger partial charge < -0.3 is 9.19 Å². The first-order valence-electron chi connectivity index (χ1n) is 3.92. The maximum Gasteiger partial charge on any atom is 0.0785 e. The first kappa shape index (κ1) is 9.89. The first-order chi connectivity index (χ1) is 4.10. The van der Waals surface area contributed by atoms with Gasteiger partial charge in [-0.05, 0) is 18.8 Å². The van der Waals surface area contributed by atoms with Crippen LogP contribution in [0.2, 0.25) is 0 Å². The van der Waals surface area contributed by atoms with Crippen molar-refractivity contribution in [2.24, 2.45) is 5.92 Å². The first-order valence-corrected chi connectivity index (χ1v) is 3.92. The number of likely N-dealkylation sites (tertiary alicyclic amines) is 1. The topological polar surface area (TPSA) is 0 Å². The van der Waals surface area contributed by atoms with Gasteiger partial charge in [0.05, 0.1) is 27.2 Å². The van der Waals surface area contributed by atoms with Gasteiger partial charge in [0, 0.05) is 0 Å². The molecule has 1 saturated heterocycles. The van der Waals surface area contributed by atoms with Crippen LogP contribution in [0.5, 0.6) is 0 Å². The molecule has 1 nitrogen and oxygen atoms in total. The standard InChI is InChI=1S/C8H18N.FH/c1-8-4-6-9(2,3)7-5-8;/h8H,4-7H2,1-3H3;1H/q+1;/p-1. The molecule has 0 aromatic carbocycles. The average molecular weight is 147 g/mol. The van der Waals surface area contributed by atoms with Crippen LogP contribution in [0.1, 0.15) is 19.8 Å². The van der Waals surface area contributed by atoms with Crippen LogP contribution in [0.4, 0.5) is 0 Å². The van der Waals surface area contributed by atoms with Crippen molar-refractivity contribution in [3.8, 4) is 0 Å². The van der Waals surface area contributed by atoms with Crippen molar-refractivity contribution in [1.29, 1.82) is 0 Å². The number of halogens is 1. The molecule has 0 saturated carbocycles. The molecular weight excluding hydrogens is 129 g/mol. The highest BCUT2D eigenvalue weighted by Crippen LogP contribution is 2.18. The minimum absolute atomic E-state index is 0. The van der Waals surface area contributed by atoms with Crippen molar-refractivity contribution < 1.29 is 9.19 Å². The number of hydrogen-bond acceptors (Lipinski definition) is 0. The van der Waals surface area contributed by atoms with E-state index in [1.807, 2.05) is 0 Å². The fourth-order valence-corrected chi connectivity index (χ4v) is 1.40. The van der Waals surface area contributed by atoms with Gasteiger partial charge in [-0.15, -0.1) is 0 Å². The Hall–Kier alpha value is -0.110. The van der Waals surface area contributed by atoms with E-state index in [2.05, 4.69) is 21.0 Å². The van der Waals surface area contributed by atoms with E-state index in [0.29, 0.717) is 0 Å². The molecular formula is C8H18FN. The molecule has 1 aliphatic heterocycles. The molecule has 1 rings (SSSR count). The van der Waals surface area contributed by atoms with Crippen LogP contribution in [0.15, 0.2) is 0 Å². The lowest BCUT2D eigenvalue weighted by Crippen LogP contribution is -3.00. The molecule has 0 bridgehead atoms. The predicted octanol–water partition coefficient (Wildman–Crippen LogP) is -1.50. The Morgan fingerprint density at radius 2 is 1.50 bits per heavy atom. The second-order valence-electron chi connectivity index (χ2n) is 4.07. The molecule has 0 aromatic heterocycles. The van der Waals surface area contributed by atoms with E-state index in [1.165, 1.54) is 30.4 Å². The Morgan fingerprint density at radius 1 is 1.10 bits per heavy atom. The zero-order valence-corrected chi connectivity index (χ0v) is 7.23. The fraction of sp³-hybridized carbons (Fsp3) is 1.00. The van der Waals surface area contributed by atoms with Crippen LogP contribution in [0, 0.1) is 5.92 Å². The normalized spacial score (nSPS) is 25.5. The van der Waals surface area contributed by atoms with E-state index in [9.17, 15) is 0 Å². The Morgan fingerprint density at radius 3 is 1.80 bits per heavy atom. The average Bonchev–Trinajstić information content (AvgIpc) is 1.78. The maximum atomic E-state index is 2.36. The molecule has 10 heavy (non-hydrogen) atoms. The summed E-state index contributed by atoms with van der Waals surface area (Å²) in [5.74, 6) is 0.983. The summed E-state index contributed by atoms with van der Waals surface area (Å²) in [6, 6.07) is 0. The minimum Gasteiger partial charge on any atom is -1.00 e. The fourth-order valence-electron chi connectivity index (χ4n) is 1.40. The van der Waals surface area contributed by atoms with Crippen LogP contribution in [-0.4, -0.2) is 31.7 Å². The van der Waals surface area contributed by atoms with Crippen molar-refractivity contribution >= 4 is 0 Å². The van der Waals surface area contributed by atoms with E-state index < -0.39 is 0 Å². The zero-order chi connectivity index (χ0) is 6.91. The highest BCUT2D eigenvalue weighted by Gasteiger charge is 2.22. The number of quaternary nitrogens is 1. The second-order valence-corrected chi connectivity index (χ2v) is 4.07. The number of rotatable bonds is 0. The minimum atomic E-state index is 0. The predicted molar refractivity (Wildman–Crippen MR) is 40.2 cm³/mol. The summed E-state index contributed by atoms with van der Waals surface area (Å²) < 4.78 is 1.24. The molecule has 0 spiro atoms. The lowest BCUT2D eigenvalue weighted by molar-refractivity contribution is -0.896. The summed E-state index contributed by atoms with van der Waals surface area (Å²) in [5, 5.41) is 0. The van der Waals surface area contributed by atoms with Gasteiger partial charge in [0.2, 0.25) is 0 Å². The van der Waals surface area contributed by atoms with Crippen molar-refractivity contribution in [2.45, 2.75) is 19.8 Å². The summed E-state index contributed by atoms with van der Waals surface area (Å²) in [6.45, 7) is 5.11. The van der Waals surface area contributed by atoms with Crippen LogP contribution in [-0.2, 0) is 0 Å². The number of nitrogens with zero attached hydrogens (tertiary/aromatic N) is 1. The Balaban J connectivity index is 0.000000810. The molecule has 0 N–H and O–H groups in total. The molecule has 0 atom stereocenters. The van der Waals surface area contributed by atoms with Crippen molar-refractivity contribution in [3.63, 3.8) is 0 Å². The van der Waals surface area contributed by atoms with Crippen LogP contribution in [0.25, 0.3) is 0 Å². The van der Waals surface area contributed by atoms with E-state index in [0.717, 1.165) is 5.92 Å². The summed E-state index contributed by atoms with van der Waals surface area (Å²) in [7, 11) is 4.65. The monoisotopic (exact) mass is 147 g/mol. The Labute approximate surface area is 63.0 Å². The highest BCUT2D eigenvalue weighted by atomic mass is 19.0. The van der Waals surface area contributed by atoms with E-state index >= 15 is 0 Å². The molecule has 0 radical (unpaired) electrons. The molecule has 1 heterocycles. The largest absolute Gasteiger partial charge is 1.00 e. The number of piperidine rings is 1. The molecule has 2 heteroatoms. The summed E-state index contributed by atoms with van der Waals surface area (Å²) in [4.78, 5) is 0. The van der Waals surface area contributed by atoms with E-state index in [1.54, 1.807) is 0 Å². The van der Waals surface area contributed by atoms with Crippen LogP contribution in [0.3, 0.4) is 0 Å². The smallest absolute Gasteiger partial charge is 0.0785 e.